The Bertz CT molecular complexity index is 1110. The van der Waals surface area contributed by atoms with Gasteiger partial charge in [-0.3, -0.25) is 0 Å². The van der Waals surface area contributed by atoms with Gasteiger partial charge < -0.3 is 20.1 Å². The smallest absolute Gasteiger partial charge is 0.332 e. The Labute approximate surface area is 188 Å². The van der Waals surface area contributed by atoms with Crippen molar-refractivity contribution in [3.8, 4) is 5.75 Å². The molecule has 8 nitrogen and oxygen atoms in total. The molecule has 174 valence electrons. The number of anilines is 4. The van der Waals surface area contributed by atoms with Gasteiger partial charge >= 0.3 is 6.03 Å². The maximum Gasteiger partial charge on any atom is 0.332 e. The molecule has 0 fully saturated rings. The number of hydrogen-bond acceptors (Lipinski definition) is 6. The number of methoxy groups -OCH3 is 2. The monoisotopic (exact) mass is 461 g/mol. The van der Waals surface area contributed by atoms with Gasteiger partial charge in [-0.05, 0) is 43.3 Å². The summed E-state index contributed by atoms with van der Waals surface area (Å²) in [5, 5.41) is 5.30. The second-order valence-electron chi connectivity index (χ2n) is 6.93. The number of halogens is 3. The van der Waals surface area contributed by atoms with Gasteiger partial charge in [0, 0.05) is 25.4 Å². The lowest BCUT2D eigenvalue weighted by atomic mass is 10.2. The number of urea groups is 1. The highest BCUT2D eigenvalue weighted by molar-refractivity contribution is 6.06. The second kappa shape index (κ2) is 10.6. The van der Waals surface area contributed by atoms with Crippen molar-refractivity contribution < 1.29 is 27.4 Å². The third-order valence-electron chi connectivity index (χ3n) is 4.47. The van der Waals surface area contributed by atoms with Crippen molar-refractivity contribution in [2.24, 2.45) is 0 Å². The van der Waals surface area contributed by atoms with Gasteiger partial charge in [-0.2, -0.15) is 4.98 Å². The van der Waals surface area contributed by atoms with Crippen LogP contribution in [-0.4, -0.2) is 42.9 Å². The molecule has 0 saturated heterocycles. The van der Waals surface area contributed by atoms with Gasteiger partial charge in [-0.1, -0.05) is 0 Å². The van der Waals surface area contributed by atoms with Crippen molar-refractivity contribution in [1.82, 2.24) is 9.97 Å². The molecule has 0 aliphatic carbocycles. The molecular formula is C22H22F3N5O3. The summed E-state index contributed by atoms with van der Waals surface area (Å²) in [5.41, 5.74) is -0.176. The van der Waals surface area contributed by atoms with Crippen LogP contribution in [0, 0.1) is 17.5 Å². The van der Waals surface area contributed by atoms with E-state index in [4.69, 9.17) is 9.47 Å². The van der Waals surface area contributed by atoms with E-state index in [1.54, 1.807) is 31.4 Å². The highest BCUT2D eigenvalue weighted by Gasteiger charge is 2.23. The van der Waals surface area contributed by atoms with E-state index in [0.717, 1.165) is 17.0 Å². The average molecular weight is 461 g/mol. The zero-order valence-corrected chi connectivity index (χ0v) is 18.1. The van der Waals surface area contributed by atoms with Crippen LogP contribution in [0.15, 0.2) is 48.7 Å². The minimum absolute atomic E-state index is 0.121. The van der Waals surface area contributed by atoms with E-state index in [1.165, 1.54) is 19.4 Å². The van der Waals surface area contributed by atoms with Gasteiger partial charge in [0.25, 0.3) is 0 Å². The summed E-state index contributed by atoms with van der Waals surface area (Å²) in [7, 11) is 3.05. The Morgan fingerprint density at radius 3 is 2.45 bits per heavy atom. The first kappa shape index (κ1) is 23.8. The maximum absolute atomic E-state index is 14.2. The molecule has 1 aromatic heterocycles. The van der Waals surface area contributed by atoms with Gasteiger partial charge in [-0.25, -0.2) is 27.8 Å². The van der Waals surface area contributed by atoms with E-state index in [9.17, 15) is 18.0 Å². The first-order valence-electron chi connectivity index (χ1n) is 9.81. The number of carbonyl (C=O) groups excluding carboxylic acids is 1. The highest BCUT2D eigenvalue weighted by Crippen LogP contribution is 2.28. The quantitative estimate of drug-likeness (QED) is 0.472. The summed E-state index contributed by atoms with van der Waals surface area (Å²) in [4.78, 5) is 22.8. The van der Waals surface area contributed by atoms with Crippen molar-refractivity contribution in [3.05, 3.63) is 66.1 Å². The molecule has 3 aromatic rings. The highest BCUT2D eigenvalue weighted by atomic mass is 19.2. The molecule has 0 radical (unpaired) electrons. The molecule has 11 heteroatoms. The van der Waals surface area contributed by atoms with Crippen molar-refractivity contribution in [1.29, 1.82) is 0 Å². The Morgan fingerprint density at radius 1 is 1.06 bits per heavy atom. The minimum atomic E-state index is -1.69. The number of nitrogens with one attached hydrogen (secondary N) is 2. The van der Waals surface area contributed by atoms with Crippen LogP contribution in [0.25, 0.3) is 0 Å². The Kier molecular flexibility index (Phi) is 7.67. The molecule has 3 rings (SSSR count). The summed E-state index contributed by atoms with van der Waals surface area (Å²) < 4.78 is 51.3. The van der Waals surface area contributed by atoms with Crippen LogP contribution in [0.1, 0.15) is 6.92 Å². The van der Waals surface area contributed by atoms with E-state index in [2.05, 4.69) is 20.6 Å². The molecule has 2 amide bonds. The van der Waals surface area contributed by atoms with Crippen LogP contribution in [0.2, 0.25) is 0 Å². The Hall–Kier alpha value is -3.86. The van der Waals surface area contributed by atoms with Crippen LogP contribution in [0.3, 0.4) is 0 Å². The molecule has 2 N–H and O–H groups in total. The molecule has 0 aliphatic heterocycles. The van der Waals surface area contributed by atoms with Crippen LogP contribution in [0.4, 0.5) is 41.1 Å². The summed E-state index contributed by atoms with van der Waals surface area (Å²) in [6.07, 6.45) is 1.44. The maximum atomic E-state index is 14.2. The first-order valence-corrected chi connectivity index (χ1v) is 9.81. The average Bonchev–Trinajstić information content (AvgIpc) is 2.80. The fourth-order valence-corrected chi connectivity index (χ4v) is 2.93. The van der Waals surface area contributed by atoms with E-state index in [-0.39, 0.29) is 17.8 Å². The van der Waals surface area contributed by atoms with E-state index in [1.807, 2.05) is 6.92 Å². The topological polar surface area (TPSA) is 88.6 Å². The van der Waals surface area contributed by atoms with Crippen LogP contribution >= 0.6 is 0 Å². The molecule has 0 aliphatic rings. The van der Waals surface area contributed by atoms with Gasteiger partial charge in [0.2, 0.25) is 5.95 Å². The van der Waals surface area contributed by atoms with Gasteiger partial charge in [0.15, 0.2) is 17.5 Å². The predicted octanol–water partition coefficient (Wildman–Crippen LogP) is 4.72. The molecule has 0 saturated carbocycles. The molecule has 1 atom stereocenters. The van der Waals surface area contributed by atoms with Crippen molar-refractivity contribution in [3.63, 3.8) is 0 Å². The SMILES string of the molecule is COCC(C)Nc1nccc(N(C(=O)Nc2ccc(F)c(F)c2F)c2ccc(OC)cc2)n1. The number of amides is 2. The summed E-state index contributed by atoms with van der Waals surface area (Å²) in [6.45, 7) is 2.25. The van der Waals surface area contributed by atoms with E-state index >= 15 is 0 Å². The summed E-state index contributed by atoms with van der Waals surface area (Å²) >= 11 is 0. The van der Waals surface area contributed by atoms with Crippen molar-refractivity contribution in [2.45, 2.75) is 13.0 Å². The van der Waals surface area contributed by atoms with Crippen LogP contribution < -0.4 is 20.3 Å². The largest absolute Gasteiger partial charge is 0.497 e. The molecule has 0 bridgehead atoms. The fraction of sp³-hybridized carbons (Fsp3) is 0.227. The number of carbonyl (C=O) groups is 1. The number of nitrogens with zero attached hydrogens (tertiary/aromatic N) is 3. The van der Waals surface area contributed by atoms with Gasteiger partial charge in [0.1, 0.15) is 11.6 Å². The molecule has 1 unspecified atom stereocenters. The molecular weight excluding hydrogens is 439 g/mol. The first-order chi connectivity index (χ1) is 15.8. The summed E-state index contributed by atoms with van der Waals surface area (Å²) in [6, 6.07) is 8.55. The fourth-order valence-electron chi connectivity index (χ4n) is 2.93. The lowest BCUT2D eigenvalue weighted by Crippen LogP contribution is -2.32. The third kappa shape index (κ3) is 5.69. The van der Waals surface area contributed by atoms with Gasteiger partial charge in [-0.15, -0.1) is 0 Å². The lowest BCUT2D eigenvalue weighted by Gasteiger charge is -2.23. The Morgan fingerprint density at radius 2 is 1.79 bits per heavy atom. The van der Waals surface area contributed by atoms with Crippen LogP contribution in [-0.2, 0) is 4.74 Å². The van der Waals surface area contributed by atoms with Gasteiger partial charge in [0.05, 0.1) is 25.1 Å². The molecule has 1 heterocycles. The molecule has 2 aromatic carbocycles. The second-order valence-corrected chi connectivity index (χ2v) is 6.93. The molecule has 0 spiro atoms. The van der Waals surface area contributed by atoms with E-state index < -0.39 is 29.2 Å². The third-order valence-corrected chi connectivity index (χ3v) is 4.47. The lowest BCUT2D eigenvalue weighted by molar-refractivity contribution is 0.190. The van der Waals surface area contributed by atoms with Crippen molar-refractivity contribution in [2.75, 3.05) is 36.4 Å². The standard InChI is InChI=1S/C22H22F3N5O3/c1-13(12-32-2)27-21-26-11-10-18(29-21)30(14-4-6-15(33-3)7-5-14)22(31)28-17-9-8-16(23)19(24)20(17)25/h4-11,13H,12H2,1-3H3,(H,28,31)(H,26,27,29). The van der Waals surface area contributed by atoms with Crippen molar-refractivity contribution >= 4 is 29.2 Å². The number of benzene rings is 2. The number of aromatic nitrogens is 2. The predicted molar refractivity (Wildman–Crippen MR) is 117 cm³/mol. The van der Waals surface area contributed by atoms with E-state index in [0.29, 0.717) is 18.0 Å². The minimum Gasteiger partial charge on any atom is -0.497 e. The van der Waals surface area contributed by atoms with Crippen LogP contribution in [0.5, 0.6) is 5.75 Å². The molecule has 33 heavy (non-hydrogen) atoms. The summed E-state index contributed by atoms with van der Waals surface area (Å²) in [5.74, 6) is -3.66. The zero-order chi connectivity index (χ0) is 24.0. The number of ether oxygens (including phenoxy) is 2. The Balaban J connectivity index is 1.98. The zero-order valence-electron chi connectivity index (χ0n) is 18.1. The normalized spacial score (nSPS) is 11.6. The number of rotatable bonds is 8. The number of hydrogen-bond donors (Lipinski definition) is 2.